The van der Waals surface area contributed by atoms with Crippen molar-refractivity contribution in [1.82, 2.24) is 4.31 Å². The van der Waals surface area contributed by atoms with Gasteiger partial charge in [0.05, 0.1) is 11.5 Å². The highest BCUT2D eigenvalue weighted by molar-refractivity contribution is 7.89. The van der Waals surface area contributed by atoms with E-state index in [-0.39, 0.29) is 13.2 Å². The summed E-state index contributed by atoms with van der Waals surface area (Å²) in [5.41, 5.74) is 2.45. The Hall–Kier alpha value is -0.910. The van der Waals surface area contributed by atoms with Gasteiger partial charge in [0.1, 0.15) is 0 Å². The first-order valence-corrected chi connectivity index (χ1v) is 9.26. The molecule has 0 aliphatic heterocycles. The van der Waals surface area contributed by atoms with Crippen LogP contribution < -0.4 is 0 Å². The van der Waals surface area contributed by atoms with Crippen LogP contribution in [0.1, 0.15) is 43.7 Å². The van der Waals surface area contributed by atoms with Crippen molar-refractivity contribution in [2.24, 2.45) is 0 Å². The van der Waals surface area contributed by atoms with Gasteiger partial charge < -0.3 is 5.11 Å². The lowest BCUT2D eigenvalue weighted by Crippen LogP contribution is -2.34. The first-order chi connectivity index (χ1) is 10.1. The normalized spacial score (nSPS) is 15.2. The first kappa shape index (κ1) is 16.5. The Labute approximate surface area is 127 Å². The third-order valence-corrected chi connectivity index (χ3v) is 5.96. The standard InChI is InChI=1S/C16H25NO3S/c1-2-3-10-17(11-12-18)21(19,20)16-9-8-14-6-4-5-7-15(14)13-16/h8-9,13,18H,2-7,10-12H2,1H3. The van der Waals surface area contributed by atoms with E-state index < -0.39 is 10.0 Å². The number of benzene rings is 1. The summed E-state index contributed by atoms with van der Waals surface area (Å²) in [6, 6.07) is 5.51. The minimum Gasteiger partial charge on any atom is -0.395 e. The van der Waals surface area contributed by atoms with Gasteiger partial charge >= 0.3 is 0 Å². The smallest absolute Gasteiger partial charge is 0.243 e. The predicted octanol–water partition coefficient (Wildman–Crippen LogP) is 2.35. The van der Waals surface area contributed by atoms with Crippen molar-refractivity contribution in [3.05, 3.63) is 29.3 Å². The molecule has 118 valence electrons. The van der Waals surface area contributed by atoms with E-state index in [0.717, 1.165) is 32.1 Å². The zero-order valence-electron chi connectivity index (χ0n) is 12.7. The Morgan fingerprint density at radius 1 is 1.14 bits per heavy atom. The van der Waals surface area contributed by atoms with Gasteiger partial charge in [-0.15, -0.1) is 0 Å². The van der Waals surface area contributed by atoms with Crippen LogP contribution in [0.5, 0.6) is 0 Å². The molecule has 0 bridgehead atoms. The van der Waals surface area contributed by atoms with Crippen molar-refractivity contribution in [3.8, 4) is 0 Å². The molecule has 1 aliphatic rings. The van der Waals surface area contributed by atoms with Crippen molar-refractivity contribution in [2.75, 3.05) is 19.7 Å². The molecule has 0 unspecified atom stereocenters. The first-order valence-electron chi connectivity index (χ1n) is 7.82. The van der Waals surface area contributed by atoms with Crippen molar-refractivity contribution in [1.29, 1.82) is 0 Å². The molecule has 0 atom stereocenters. The lowest BCUT2D eigenvalue weighted by Gasteiger charge is -2.23. The SMILES string of the molecule is CCCCN(CCO)S(=O)(=O)c1ccc2c(c1)CCCC2. The predicted molar refractivity (Wildman–Crippen MR) is 83.8 cm³/mol. The average molecular weight is 311 g/mol. The lowest BCUT2D eigenvalue weighted by molar-refractivity contribution is 0.252. The molecule has 0 saturated carbocycles. The van der Waals surface area contributed by atoms with Gasteiger partial charge in [-0.1, -0.05) is 19.4 Å². The Bertz CT molecular complexity index is 569. The van der Waals surface area contributed by atoms with Gasteiger partial charge in [-0.05, 0) is 55.4 Å². The molecule has 0 fully saturated rings. The Morgan fingerprint density at radius 2 is 1.86 bits per heavy atom. The largest absolute Gasteiger partial charge is 0.395 e. The molecule has 0 spiro atoms. The summed E-state index contributed by atoms with van der Waals surface area (Å²) < 4.78 is 26.9. The molecule has 0 saturated heterocycles. The van der Waals surface area contributed by atoms with Gasteiger partial charge in [0.25, 0.3) is 0 Å². The third kappa shape index (κ3) is 3.84. The monoisotopic (exact) mass is 311 g/mol. The summed E-state index contributed by atoms with van der Waals surface area (Å²) in [5.74, 6) is 0. The highest BCUT2D eigenvalue weighted by atomic mass is 32.2. The molecule has 5 heteroatoms. The van der Waals surface area contributed by atoms with Crippen LogP contribution in [0.4, 0.5) is 0 Å². The van der Waals surface area contributed by atoms with E-state index in [1.807, 2.05) is 19.1 Å². The number of fused-ring (bicyclic) bond motifs is 1. The van der Waals surface area contributed by atoms with Crippen LogP contribution in [-0.2, 0) is 22.9 Å². The Kier molecular flexibility index (Phi) is 5.79. The molecule has 1 N–H and O–H groups in total. The number of aliphatic hydroxyl groups excluding tert-OH is 1. The maximum Gasteiger partial charge on any atom is 0.243 e. The van der Waals surface area contributed by atoms with Gasteiger partial charge in [-0.3, -0.25) is 0 Å². The minimum absolute atomic E-state index is 0.145. The molecule has 1 aliphatic carbocycles. The van der Waals surface area contributed by atoms with Crippen molar-refractivity contribution >= 4 is 10.0 Å². The van der Waals surface area contributed by atoms with E-state index in [2.05, 4.69) is 0 Å². The molecule has 1 aromatic rings. The molecule has 0 amide bonds. The summed E-state index contributed by atoms with van der Waals surface area (Å²) >= 11 is 0. The molecule has 0 radical (unpaired) electrons. The molecule has 0 aromatic heterocycles. The van der Waals surface area contributed by atoms with E-state index in [1.54, 1.807) is 6.07 Å². The van der Waals surface area contributed by atoms with Crippen LogP contribution >= 0.6 is 0 Å². The van der Waals surface area contributed by atoms with E-state index in [0.29, 0.717) is 11.4 Å². The second kappa shape index (κ2) is 7.38. The van der Waals surface area contributed by atoms with Crippen LogP contribution in [-0.4, -0.2) is 37.5 Å². The number of unbranched alkanes of at least 4 members (excludes halogenated alkanes) is 1. The number of hydrogen-bond donors (Lipinski definition) is 1. The zero-order valence-corrected chi connectivity index (χ0v) is 13.5. The number of sulfonamides is 1. The van der Waals surface area contributed by atoms with Crippen molar-refractivity contribution in [3.63, 3.8) is 0 Å². The molecular weight excluding hydrogens is 286 g/mol. The van der Waals surface area contributed by atoms with Crippen LogP contribution in [0.25, 0.3) is 0 Å². The second-order valence-corrected chi connectivity index (χ2v) is 7.56. The van der Waals surface area contributed by atoms with Gasteiger partial charge in [-0.25, -0.2) is 8.42 Å². The Balaban J connectivity index is 2.28. The van der Waals surface area contributed by atoms with Gasteiger partial charge in [-0.2, -0.15) is 4.31 Å². The number of rotatable bonds is 7. The maximum absolute atomic E-state index is 12.7. The topological polar surface area (TPSA) is 57.6 Å². The fourth-order valence-electron chi connectivity index (χ4n) is 2.82. The zero-order chi connectivity index (χ0) is 15.3. The molecule has 21 heavy (non-hydrogen) atoms. The maximum atomic E-state index is 12.7. The van der Waals surface area contributed by atoms with Crippen LogP contribution in [0.2, 0.25) is 0 Å². The molecule has 4 nitrogen and oxygen atoms in total. The quantitative estimate of drug-likeness (QED) is 0.841. The molecular formula is C16H25NO3S. The summed E-state index contributed by atoms with van der Waals surface area (Å²) in [6.07, 6.45) is 6.07. The fourth-order valence-corrected chi connectivity index (χ4v) is 4.34. The van der Waals surface area contributed by atoms with E-state index in [9.17, 15) is 8.42 Å². The van der Waals surface area contributed by atoms with Crippen LogP contribution in [0.3, 0.4) is 0 Å². The Morgan fingerprint density at radius 3 is 2.52 bits per heavy atom. The highest BCUT2D eigenvalue weighted by Gasteiger charge is 2.24. The lowest BCUT2D eigenvalue weighted by atomic mass is 9.92. The van der Waals surface area contributed by atoms with E-state index in [1.165, 1.54) is 21.9 Å². The van der Waals surface area contributed by atoms with Crippen molar-refractivity contribution < 1.29 is 13.5 Å². The van der Waals surface area contributed by atoms with Crippen LogP contribution in [0.15, 0.2) is 23.1 Å². The molecule has 2 rings (SSSR count). The van der Waals surface area contributed by atoms with Gasteiger partial charge in [0, 0.05) is 13.1 Å². The number of aliphatic hydroxyl groups is 1. The van der Waals surface area contributed by atoms with E-state index >= 15 is 0 Å². The number of aryl methyl sites for hydroxylation is 2. The summed E-state index contributed by atoms with van der Waals surface area (Å²) in [7, 11) is -3.50. The molecule has 0 heterocycles. The third-order valence-electron chi connectivity index (χ3n) is 4.07. The second-order valence-electron chi connectivity index (χ2n) is 5.62. The van der Waals surface area contributed by atoms with E-state index in [4.69, 9.17) is 5.11 Å². The van der Waals surface area contributed by atoms with Crippen LogP contribution in [0, 0.1) is 0 Å². The summed E-state index contributed by atoms with van der Waals surface area (Å²) in [5, 5.41) is 9.13. The summed E-state index contributed by atoms with van der Waals surface area (Å²) in [4.78, 5) is 0.368. The number of nitrogens with zero attached hydrogens (tertiary/aromatic N) is 1. The summed E-state index contributed by atoms with van der Waals surface area (Å²) in [6.45, 7) is 2.52. The highest BCUT2D eigenvalue weighted by Crippen LogP contribution is 2.25. The van der Waals surface area contributed by atoms with Crippen molar-refractivity contribution in [2.45, 2.75) is 50.3 Å². The van der Waals surface area contributed by atoms with Gasteiger partial charge in [0.2, 0.25) is 10.0 Å². The fraction of sp³-hybridized carbons (Fsp3) is 0.625. The average Bonchev–Trinajstić information content (AvgIpc) is 2.50. The molecule has 1 aromatic carbocycles. The number of hydrogen-bond acceptors (Lipinski definition) is 3. The van der Waals surface area contributed by atoms with Gasteiger partial charge in [0.15, 0.2) is 0 Å². The minimum atomic E-state index is -3.50.